The number of hydrogen-bond acceptors (Lipinski definition) is 3. The van der Waals surface area contributed by atoms with Gasteiger partial charge in [-0.2, -0.15) is 0 Å². The van der Waals surface area contributed by atoms with Crippen LogP contribution in [0.5, 0.6) is 0 Å². The molecule has 3 aromatic rings. The van der Waals surface area contributed by atoms with Gasteiger partial charge in [-0.15, -0.1) is 0 Å². The zero-order valence-electron chi connectivity index (χ0n) is 11.6. The molecule has 0 amide bonds. The molecular weight excluding hydrogens is 280 g/mol. The molecule has 0 atom stereocenters. The highest BCUT2D eigenvalue weighted by Crippen LogP contribution is 2.16. The maximum absolute atomic E-state index is 11.9. The molecule has 0 radical (unpaired) electrons. The fourth-order valence-corrected chi connectivity index (χ4v) is 3.03. The van der Waals surface area contributed by atoms with Crippen LogP contribution in [-0.4, -0.2) is 15.7 Å². The molecule has 0 spiro atoms. The molecule has 0 saturated carbocycles. The summed E-state index contributed by atoms with van der Waals surface area (Å²) in [7, 11) is 0. The van der Waals surface area contributed by atoms with E-state index in [9.17, 15) is 4.79 Å². The van der Waals surface area contributed by atoms with Crippen molar-refractivity contribution in [1.29, 1.82) is 0 Å². The highest BCUT2D eigenvalue weighted by molar-refractivity contribution is 7.99. The van der Waals surface area contributed by atoms with E-state index in [2.05, 4.69) is 34.2 Å². The number of H-pyrrole nitrogens is 1. The number of hydrogen-bond donors (Lipinski definition) is 1. The smallest absolute Gasteiger partial charge is 0.259 e. The van der Waals surface area contributed by atoms with Crippen LogP contribution in [0.25, 0.3) is 10.9 Å². The molecular formula is C17H16N2OS. The van der Waals surface area contributed by atoms with Crippen LogP contribution >= 0.6 is 11.8 Å². The Morgan fingerprint density at radius 1 is 1.00 bits per heavy atom. The number of rotatable bonds is 5. The molecule has 1 N–H and O–H groups in total. The third kappa shape index (κ3) is 3.52. The molecule has 0 saturated heterocycles. The number of benzene rings is 2. The van der Waals surface area contributed by atoms with Crippen LogP contribution in [0, 0.1) is 0 Å². The Balaban J connectivity index is 1.62. The van der Waals surface area contributed by atoms with Gasteiger partial charge in [-0.3, -0.25) is 4.79 Å². The van der Waals surface area contributed by atoms with Gasteiger partial charge in [0.2, 0.25) is 0 Å². The van der Waals surface area contributed by atoms with Gasteiger partial charge in [-0.05, 0) is 30.5 Å². The van der Waals surface area contributed by atoms with Gasteiger partial charge in [0.25, 0.3) is 5.56 Å². The molecule has 4 heteroatoms. The fraction of sp³-hybridized carbons (Fsp3) is 0.176. The van der Waals surface area contributed by atoms with Gasteiger partial charge in [0.05, 0.1) is 10.9 Å². The minimum Gasteiger partial charge on any atom is -0.301 e. The molecule has 0 unspecified atom stereocenters. The minimum absolute atomic E-state index is 0.0637. The summed E-state index contributed by atoms with van der Waals surface area (Å²) in [5.74, 6) is 0.941. The number of nitrogens with one attached hydrogen (secondary N) is 1. The third-order valence-electron chi connectivity index (χ3n) is 3.28. The lowest BCUT2D eigenvalue weighted by molar-refractivity contribution is 0.919. The first-order chi connectivity index (χ1) is 10.3. The van der Waals surface area contributed by atoms with E-state index in [-0.39, 0.29) is 5.56 Å². The van der Waals surface area contributed by atoms with E-state index in [0.29, 0.717) is 10.5 Å². The van der Waals surface area contributed by atoms with Crippen molar-refractivity contribution in [1.82, 2.24) is 9.97 Å². The van der Waals surface area contributed by atoms with Crippen LogP contribution in [0.4, 0.5) is 0 Å². The van der Waals surface area contributed by atoms with E-state index in [1.165, 1.54) is 5.56 Å². The standard InChI is InChI=1S/C17H16N2OS/c20-16-14-10-4-5-11-15(14)18-17(19-16)21-12-6-9-13-7-2-1-3-8-13/h1-5,7-8,10-11H,6,9,12H2,(H,18,19,20). The summed E-state index contributed by atoms with van der Waals surface area (Å²) in [6.07, 6.45) is 2.11. The predicted octanol–water partition coefficient (Wildman–Crippen LogP) is 3.65. The number of fused-ring (bicyclic) bond motifs is 1. The number of aromatic nitrogens is 2. The highest BCUT2D eigenvalue weighted by atomic mass is 32.2. The van der Waals surface area contributed by atoms with Crippen LogP contribution in [0.2, 0.25) is 0 Å². The van der Waals surface area contributed by atoms with Gasteiger partial charge in [-0.1, -0.05) is 54.2 Å². The van der Waals surface area contributed by atoms with Crippen LogP contribution in [0.3, 0.4) is 0 Å². The second kappa shape index (κ2) is 6.59. The summed E-state index contributed by atoms with van der Waals surface area (Å²) in [5, 5.41) is 1.35. The lowest BCUT2D eigenvalue weighted by Gasteiger charge is -2.03. The van der Waals surface area contributed by atoms with E-state index in [4.69, 9.17) is 0 Å². The largest absolute Gasteiger partial charge is 0.301 e. The zero-order chi connectivity index (χ0) is 14.5. The molecule has 0 bridgehead atoms. The molecule has 1 aromatic heterocycles. The average molecular weight is 296 g/mol. The van der Waals surface area contributed by atoms with Gasteiger partial charge in [0, 0.05) is 5.75 Å². The Kier molecular flexibility index (Phi) is 4.36. The lowest BCUT2D eigenvalue weighted by Crippen LogP contribution is -2.09. The number of aromatic amines is 1. The number of thioether (sulfide) groups is 1. The molecule has 3 nitrogen and oxygen atoms in total. The molecule has 3 rings (SSSR count). The van der Waals surface area contributed by atoms with Crippen molar-refractivity contribution in [2.75, 3.05) is 5.75 Å². The third-order valence-corrected chi connectivity index (χ3v) is 4.24. The van der Waals surface area contributed by atoms with E-state index < -0.39 is 0 Å². The Morgan fingerprint density at radius 2 is 1.76 bits per heavy atom. The zero-order valence-corrected chi connectivity index (χ0v) is 12.4. The van der Waals surface area contributed by atoms with E-state index in [1.807, 2.05) is 24.3 Å². The second-order valence-corrected chi connectivity index (χ2v) is 5.91. The Labute approximate surface area is 127 Å². The number of aryl methyl sites for hydroxylation is 1. The average Bonchev–Trinajstić information content (AvgIpc) is 2.53. The molecule has 0 aliphatic carbocycles. The maximum atomic E-state index is 11.9. The van der Waals surface area contributed by atoms with Crippen molar-refractivity contribution in [2.24, 2.45) is 0 Å². The molecule has 21 heavy (non-hydrogen) atoms. The normalized spacial score (nSPS) is 10.9. The molecule has 1 heterocycles. The number of para-hydroxylation sites is 1. The molecule has 0 aliphatic heterocycles. The molecule has 0 aliphatic rings. The highest BCUT2D eigenvalue weighted by Gasteiger charge is 2.03. The quantitative estimate of drug-likeness (QED) is 0.444. The first-order valence-electron chi connectivity index (χ1n) is 6.99. The van der Waals surface area contributed by atoms with Crippen LogP contribution < -0.4 is 5.56 Å². The monoisotopic (exact) mass is 296 g/mol. The SMILES string of the molecule is O=c1[nH]c(SCCCc2ccccc2)nc2ccccc12. The lowest BCUT2D eigenvalue weighted by atomic mass is 10.1. The Morgan fingerprint density at radius 3 is 2.62 bits per heavy atom. The van der Waals surface area contributed by atoms with Crippen molar-refractivity contribution < 1.29 is 0 Å². The van der Waals surface area contributed by atoms with Crippen molar-refractivity contribution >= 4 is 22.7 Å². The van der Waals surface area contributed by atoms with E-state index >= 15 is 0 Å². The molecule has 106 valence electrons. The first kappa shape index (κ1) is 13.9. The first-order valence-corrected chi connectivity index (χ1v) is 7.97. The summed E-state index contributed by atoms with van der Waals surface area (Å²) in [5.41, 5.74) is 2.04. The van der Waals surface area contributed by atoms with Gasteiger partial charge >= 0.3 is 0 Å². The molecule has 0 fully saturated rings. The van der Waals surface area contributed by atoms with Gasteiger partial charge in [0.15, 0.2) is 5.16 Å². The van der Waals surface area contributed by atoms with Crippen molar-refractivity contribution in [2.45, 2.75) is 18.0 Å². The van der Waals surface area contributed by atoms with Crippen molar-refractivity contribution in [3.05, 3.63) is 70.5 Å². The molecule has 2 aromatic carbocycles. The van der Waals surface area contributed by atoms with Crippen molar-refractivity contribution in [3.63, 3.8) is 0 Å². The second-order valence-electron chi connectivity index (χ2n) is 4.83. The van der Waals surface area contributed by atoms with Crippen molar-refractivity contribution in [3.8, 4) is 0 Å². The Bertz CT molecular complexity index is 783. The summed E-state index contributed by atoms with van der Waals surface area (Å²) >= 11 is 1.60. The predicted molar refractivity (Wildman–Crippen MR) is 87.9 cm³/mol. The minimum atomic E-state index is -0.0637. The fourth-order valence-electron chi connectivity index (χ4n) is 2.22. The van der Waals surface area contributed by atoms with Crippen LogP contribution in [-0.2, 0) is 6.42 Å². The maximum Gasteiger partial charge on any atom is 0.259 e. The van der Waals surface area contributed by atoms with Gasteiger partial charge in [-0.25, -0.2) is 4.98 Å². The summed E-state index contributed by atoms with van der Waals surface area (Å²) in [6, 6.07) is 17.9. The summed E-state index contributed by atoms with van der Waals surface area (Å²) < 4.78 is 0. The summed E-state index contributed by atoms with van der Waals surface area (Å²) in [6.45, 7) is 0. The van der Waals surface area contributed by atoms with Crippen LogP contribution in [0.15, 0.2) is 64.5 Å². The van der Waals surface area contributed by atoms with E-state index in [1.54, 1.807) is 17.8 Å². The topological polar surface area (TPSA) is 45.8 Å². The number of nitrogens with zero attached hydrogens (tertiary/aromatic N) is 1. The Hall–Kier alpha value is -2.07. The van der Waals surface area contributed by atoms with Gasteiger partial charge < -0.3 is 4.98 Å². The summed E-state index contributed by atoms with van der Waals surface area (Å²) in [4.78, 5) is 19.3. The van der Waals surface area contributed by atoms with Crippen LogP contribution in [0.1, 0.15) is 12.0 Å². The van der Waals surface area contributed by atoms with E-state index in [0.717, 1.165) is 24.1 Å². The van der Waals surface area contributed by atoms with Gasteiger partial charge in [0.1, 0.15) is 0 Å².